The average Bonchev–Trinajstić information content (AvgIpc) is 3.08. The van der Waals surface area contributed by atoms with Gasteiger partial charge in [0.15, 0.2) is 0 Å². The van der Waals surface area contributed by atoms with Gasteiger partial charge in [-0.3, -0.25) is 9.80 Å². The third-order valence-electron chi connectivity index (χ3n) is 4.81. The molecule has 1 aromatic carbocycles. The third-order valence-corrected chi connectivity index (χ3v) is 4.81. The first-order chi connectivity index (χ1) is 12.3. The molecule has 0 amide bonds. The van der Waals surface area contributed by atoms with E-state index in [9.17, 15) is 0 Å². The van der Waals surface area contributed by atoms with Gasteiger partial charge in [0, 0.05) is 39.3 Å². The molecule has 1 fully saturated rings. The number of rotatable bonds is 8. The highest BCUT2D eigenvalue weighted by Gasteiger charge is 2.26. The van der Waals surface area contributed by atoms with E-state index in [1.165, 1.54) is 5.56 Å². The second-order valence-electron chi connectivity index (χ2n) is 6.58. The lowest BCUT2D eigenvalue weighted by atomic mass is 10.1. The van der Waals surface area contributed by atoms with Crippen LogP contribution in [0.2, 0.25) is 0 Å². The lowest BCUT2D eigenvalue weighted by molar-refractivity contribution is 0.0430. The number of aromatic nitrogens is 2. The van der Waals surface area contributed by atoms with Crippen molar-refractivity contribution in [1.29, 1.82) is 0 Å². The molecule has 1 aliphatic rings. The van der Waals surface area contributed by atoms with Crippen LogP contribution in [0, 0.1) is 0 Å². The molecule has 0 saturated carbocycles. The molecule has 6 nitrogen and oxygen atoms in total. The van der Waals surface area contributed by atoms with Crippen LogP contribution in [0.15, 0.2) is 34.7 Å². The molecular formula is C19H28N4O2. The summed E-state index contributed by atoms with van der Waals surface area (Å²) in [7, 11) is 1.76. The molecular weight excluding hydrogens is 316 g/mol. The Morgan fingerprint density at radius 2 is 1.96 bits per heavy atom. The molecule has 2 heterocycles. The zero-order valence-electron chi connectivity index (χ0n) is 15.2. The SMILES string of the molecule is CCC1CN(Cc2nnc(Cc3ccccc3)o2)CCN1CCOC. The van der Waals surface area contributed by atoms with Crippen molar-refractivity contribution in [2.24, 2.45) is 0 Å². The molecule has 1 unspecified atom stereocenters. The molecule has 0 radical (unpaired) electrons. The van der Waals surface area contributed by atoms with E-state index in [-0.39, 0.29) is 0 Å². The van der Waals surface area contributed by atoms with Crippen LogP contribution in [0.5, 0.6) is 0 Å². The fourth-order valence-corrected chi connectivity index (χ4v) is 3.38. The Morgan fingerprint density at radius 1 is 1.16 bits per heavy atom. The van der Waals surface area contributed by atoms with Gasteiger partial charge < -0.3 is 9.15 Å². The molecule has 0 aliphatic carbocycles. The van der Waals surface area contributed by atoms with Gasteiger partial charge in [0.2, 0.25) is 11.8 Å². The van der Waals surface area contributed by atoms with Crippen molar-refractivity contribution in [3.8, 4) is 0 Å². The maximum atomic E-state index is 5.85. The van der Waals surface area contributed by atoms with Crippen molar-refractivity contribution < 1.29 is 9.15 Å². The second-order valence-corrected chi connectivity index (χ2v) is 6.58. The molecule has 0 spiro atoms. The topological polar surface area (TPSA) is 54.6 Å². The number of methoxy groups -OCH3 is 1. The molecule has 1 aromatic heterocycles. The zero-order chi connectivity index (χ0) is 17.5. The summed E-state index contributed by atoms with van der Waals surface area (Å²) in [4.78, 5) is 4.94. The average molecular weight is 344 g/mol. The highest BCUT2D eigenvalue weighted by molar-refractivity contribution is 5.17. The second kappa shape index (κ2) is 9.08. The summed E-state index contributed by atoms with van der Waals surface area (Å²) in [6.45, 7) is 7.91. The largest absolute Gasteiger partial charge is 0.424 e. The normalized spacial score (nSPS) is 19.4. The van der Waals surface area contributed by atoms with Gasteiger partial charge in [-0.25, -0.2) is 0 Å². The van der Waals surface area contributed by atoms with Crippen LogP contribution in [0.4, 0.5) is 0 Å². The quantitative estimate of drug-likeness (QED) is 0.732. The number of nitrogens with zero attached hydrogens (tertiary/aromatic N) is 4. The zero-order valence-corrected chi connectivity index (χ0v) is 15.2. The Morgan fingerprint density at radius 3 is 2.72 bits per heavy atom. The van der Waals surface area contributed by atoms with E-state index in [4.69, 9.17) is 9.15 Å². The number of hydrogen-bond acceptors (Lipinski definition) is 6. The van der Waals surface area contributed by atoms with E-state index >= 15 is 0 Å². The smallest absolute Gasteiger partial charge is 0.230 e. The molecule has 0 bridgehead atoms. The molecule has 2 aromatic rings. The van der Waals surface area contributed by atoms with Gasteiger partial charge in [-0.05, 0) is 12.0 Å². The molecule has 6 heteroatoms. The number of hydrogen-bond donors (Lipinski definition) is 0. The van der Waals surface area contributed by atoms with E-state index in [0.29, 0.717) is 24.2 Å². The highest BCUT2D eigenvalue weighted by Crippen LogP contribution is 2.16. The Kier molecular flexibility index (Phi) is 6.55. The van der Waals surface area contributed by atoms with Crippen LogP contribution in [0.25, 0.3) is 0 Å². The van der Waals surface area contributed by atoms with E-state index in [0.717, 1.165) is 45.8 Å². The number of ether oxygens (including phenoxy) is 1. The van der Waals surface area contributed by atoms with Crippen molar-refractivity contribution in [2.45, 2.75) is 32.4 Å². The Labute approximate surface area is 149 Å². The summed E-state index contributed by atoms with van der Waals surface area (Å²) < 4.78 is 11.1. The molecule has 25 heavy (non-hydrogen) atoms. The van der Waals surface area contributed by atoms with E-state index in [2.05, 4.69) is 39.1 Å². The fourth-order valence-electron chi connectivity index (χ4n) is 3.38. The summed E-state index contributed by atoms with van der Waals surface area (Å²) in [5.74, 6) is 1.40. The standard InChI is InChI=1S/C19H28N4O2/c1-3-17-14-22(9-10-23(17)11-12-24-2)15-19-21-20-18(25-19)13-16-7-5-4-6-8-16/h4-8,17H,3,9-15H2,1-2H3. The molecule has 1 aliphatic heterocycles. The van der Waals surface area contributed by atoms with Crippen LogP contribution >= 0.6 is 0 Å². The van der Waals surface area contributed by atoms with Gasteiger partial charge in [0.25, 0.3) is 0 Å². The van der Waals surface area contributed by atoms with Crippen LogP contribution in [-0.4, -0.2) is 65.9 Å². The Balaban J connectivity index is 1.53. The summed E-state index contributed by atoms with van der Waals surface area (Å²) in [6, 6.07) is 10.8. The van der Waals surface area contributed by atoms with E-state index in [1.807, 2.05) is 18.2 Å². The van der Waals surface area contributed by atoms with Crippen LogP contribution < -0.4 is 0 Å². The minimum atomic E-state index is 0.565. The monoisotopic (exact) mass is 344 g/mol. The first-order valence-electron chi connectivity index (χ1n) is 9.09. The first-order valence-corrected chi connectivity index (χ1v) is 9.09. The third kappa shape index (κ3) is 5.11. The van der Waals surface area contributed by atoms with Crippen molar-refractivity contribution >= 4 is 0 Å². The lowest BCUT2D eigenvalue weighted by Crippen LogP contribution is -2.53. The Bertz CT molecular complexity index is 631. The van der Waals surface area contributed by atoms with Crippen LogP contribution in [0.1, 0.15) is 30.7 Å². The summed E-state index contributed by atoms with van der Waals surface area (Å²) in [5, 5.41) is 8.44. The fraction of sp³-hybridized carbons (Fsp3) is 0.579. The van der Waals surface area contributed by atoms with Gasteiger partial charge in [0.1, 0.15) is 0 Å². The number of benzene rings is 1. The molecule has 3 rings (SSSR count). The van der Waals surface area contributed by atoms with E-state index < -0.39 is 0 Å². The number of piperazine rings is 1. The molecule has 1 atom stereocenters. The minimum absolute atomic E-state index is 0.565. The highest BCUT2D eigenvalue weighted by atomic mass is 16.5. The molecule has 136 valence electrons. The van der Waals surface area contributed by atoms with Gasteiger partial charge in [-0.2, -0.15) is 0 Å². The van der Waals surface area contributed by atoms with Crippen molar-refractivity contribution in [1.82, 2.24) is 20.0 Å². The summed E-state index contributed by atoms with van der Waals surface area (Å²) in [6.07, 6.45) is 1.83. The predicted octanol–water partition coefficient (Wildman–Crippen LogP) is 2.20. The minimum Gasteiger partial charge on any atom is -0.424 e. The van der Waals surface area contributed by atoms with Gasteiger partial charge >= 0.3 is 0 Å². The predicted molar refractivity (Wildman–Crippen MR) is 96.4 cm³/mol. The van der Waals surface area contributed by atoms with Crippen molar-refractivity contribution in [3.05, 3.63) is 47.7 Å². The van der Waals surface area contributed by atoms with Crippen molar-refractivity contribution in [3.63, 3.8) is 0 Å². The van der Waals surface area contributed by atoms with Crippen LogP contribution in [0.3, 0.4) is 0 Å². The lowest BCUT2D eigenvalue weighted by Gasteiger charge is -2.40. The first kappa shape index (κ1) is 18.0. The van der Waals surface area contributed by atoms with Gasteiger partial charge in [-0.15, -0.1) is 10.2 Å². The van der Waals surface area contributed by atoms with E-state index in [1.54, 1.807) is 7.11 Å². The molecule has 1 saturated heterocycles. The van der Waals surface area contributed by atoms with Gasteiger partial charge in [0.05, 0.1) is 19.6 Å². The summed E-state index contributed by atoms with van der Waals surface area (Å²) >= 11 is 0. The Hall–Kier alpha value is -1.76. The molecule has 0 N–H and O–H groups in total. The van der Waals surface area contributed by atoms with Crippen molar-refractivity contribution in [2.75, 3.05) is 39.9 Å². The summed E-state index contributed by atoms with van der Waals surface area (Å²) in [5.41, 5.74) is 1.19. The maximum Gasteiger partial charge on any atom is 0.230 e. The van der Waals surface area contributed by atoms with Crippen LogP contribution in [-0.2, 0) is 17.7 Å². The maximum absolute atomic E-state index is 5.85. The van der Waals surface area contributed by atoms with Gasteiger partial charge in [-0.1, -0.05) is 37.3 Å².